The number of rotatable bonds is 5. The molecule has 182 valence electrons. The number of benzene rings is 2. The molecular weight excluding hydrogens is 460 g/mol. The van der Waals surface area contributed by atoms with Gasteiger partial charge in [-0.25, -0.2) is 27.4 Å². The van der Waals surface area contributed by atoms with Crippen molar-refractivity contribution in [2.24, 2.45) is 0 Å². The fourth-order valence-electron chi connectivity index (χ4n) is 4.59. The molecule has 1 aliphatic rings. The van der Waals surface area contributed by atoms with Crippen LogP contribution in [0.2, 0.25) is 0 Å². The van der Waals surface area contributed by atoms with Crippen LogP contribution in [0, 0.1) is 13.8 Å². The number of para-hydroxylation sites is 1. The smallest absolute Gasteiger partial charge is 0.211 e. The van der Waals surface area contributed by atoms with Crippen LogP contribution in [0.4, 0.5) is 5.82 Å². The maximum atomic E-state index is 12.2. The highest BCUT2D eigenvalue weighted by molar-refractivity contribution is 7.88. The van der Waals surface area contributed by atoms with Gasteiger partial charge in [-0.3, -0.25) is 0 Å². The van der Waals surface area contributed by atoms with Crippen LogP contribution in [-0.2, 0) is 16.4 Å². The van der Waals surface area contributed by atoms with Crippen molar-refractivity contribution in [3.63, 3.8) is 0 Å². The van der Waals surface area contributed by atoms with E-state index in [0.29, 0.717) is 26.1 Å². The van der Waals surface area contributed by atoms with Crippen LogP contribution in [0.25, 0.3) is 16.7 Å². The van der Waals surface area contributed by atoms with E-state index in [-0.39, 0.29) is 0 Å². The van der Waals surface area contributed by atoms with Gasteiger partial charge in [-0.15, -0.1) is 0 Å². The average molecular weight is 491 g/mol. The van der Waals surface area contributed by atoms with Crippen LogP contribution in [0.15, 0.2) is 54.6 Å². The second-order valence-electron chi connectivity index (χ2n) is 9.16. The first-order valence-electron chi connectivity index (χ1n) is 11.9. The number of sulfonamides is 1. The third-order valence-electron chi connectivity index (χ3n) is 6.44. The topological polar surface area (TPSA) is 84.2 Å². The molecule has 8 nitrogen and oxygen atoms in total. The molecule has 1 saturated heterocycles. The van der Waals surface area contributed by atoms with Gasteiger partial charge in [-0.05, 0) is 38.0 Å². The van der Waals surface area contributed by atoms with Gasteiger partial charge < -0.3 is 4.90 Å². The molecule has 3 heterocycles. The van der Waals surface area contributed by atoms with E-state index in [1.165, 1.54) is 11.8 Å². The predicted octanol–water partition coefficient (Wildman–Crippen LogP) is 3.49. The van der Waals surface area contributed by atoms with Gasteiger partial charge in [0.15, 0.2) is 5.65 Å². The van der Waals surface area contributed by atoms with E-state index in [9.17, 15) is 8.42 Å². The van der Waals surface area contributed by atoms with Gasteiger partial charge in [0.25, 0.3) is 0 Å². The van der Waals surface area contributed by atoms with Gasteiger partial charge in [0.05, 0.1) is 23.0 Å². The average Bonchev–Trinajstić information content (AvgIpc) is 3.00. The van der Waals surface area contributed by atoms with Crippen molar-refractivity contribution in [3.8, 4) is 5.69 Å². The monoisotopic (exact) mass is 490 g/mol. The van der Waals surface area contributed by atoms with Crippen molar-refractivity contribution in [1.82, 2.24) is 24.1 Å². The molecule has 35 heavy (non-hydrogen) atoms. The van der Waals surface area contributed by atoms with E-state index in [4.69, 9.17) is 15.1 Å². The lowest BCUT2D eigenvalue weighted by atomic mass is 10.1. The molecule has 0 atom stereocenters. The van der Waals surface area contributed by atoms with E-state index in [1.807, 2.05) is 41.9 Å². The number of aromatic nitrogens is 4. The molecule has 0 amide bonds. The van der Waals surface area contributed by atoms with Crippen molar-refractivity contribution >= 4 is 26.9 Å². The summed E-state index contributed by atoms with van der Waals surface area (Å²) in [5.74, 6) is 1.55. The Morgan fingerprint density at radius 1 is 0.886 bits per heavy atom. The molecule has 0 N–H and O–H groups in total. The minimum Gasteiger partial charge on any atom is -0.355 e. The quantitative estimate of drug-likeness (QED) is 0.426. The van der Waals surface area contributed by atoms with E-state index in [1.54, 1.807) is 4.31 Å². The number of anilines is 1. The first kappa shape index (κ1) is 23.4. The molecular formula is C26H30N6O2S. The number of hydrogen-bond acceptors (Lipinski definition) is 6. The first-order valence-corrected chi connectivity index (χ1v) is 13.7. The van der Waals surface area contributed by atoms with Crippen molar-refractivity contribution in [3.05, 3.63) is 77.2 Å². The highest BCUT2D eigenvalue weighted by Crippen LogP contribution is 2.30. The maximum absolute atomic E-state index is 12.2. The third-order valence-corrected chi connectivity index (χ3v) is 7.74. The number of aryl methyl sites for hydroxylation is 2. The molecule has 0 aliphatic carbocycles. The summed E-state index contributed by atoms with van der Waals surface area (Å²) in [6.45, 7) is 6.29. The normalized spacial score (nSPS) is 15.5. The highest BCUT2D eigenvalue weighted by atomic mass is 32.2. The predicted molar refractivity (Wildman–Crippen MR) is 139 cm³/mol. The summed E-state index contributed by atoms with van der Waals surface area (Å²) >= 11 is 0. The Bertz CT molecular complexity index is 1450. The second kappa shape index (κ2) is 9.39. The van der Waals surface area contributed by atoms with Gasteiger partial charge >= 0.3 is 0 Å². The van der Waals surface area contributed by atoms with Gasteiger partial charge in [-0.2, -0.15) is 5.10 Å². The molecule has 4 aromatic rings. The Kier molecular flexibility index (Phi) is 6.29. The Labute approximate surface area is 206 Å². The minimum atomic E-state index is -3.23. The highest BCUT2D eigenvalue weighted by Gasteiger charge is 2.26. The first-order chi connectivity index (χ1) is 16.8. The summed E-state index contributed by atoms with van der Waals surface area (Å²) in [6, 6.07) is 18.4. The molecule has 1 aliphatic heterocycles. The van der Waals surface area contributed by atoms with Crippen molar-refractivity contribution < 1.29 is 8.42 Å². The summed E-state index contributed by atoms with van der Waals surface area (Å²) < 4.78 is 27.8. The van der Waals surface area contributed by atoms with Crippen LogP contribution in [0.3, 0.4) is 0 Å². The Hall–Kier alpha value is -3.30. The molecule has 0 spiro atoms. The van der Waals surface area contributed by atoms with E-state index < -0.39 is 10.0 Å². The van der Waals surface area contributed by atoms with E-state index >= 15 is 0 Å². The number of nitrogens with zero attached hydrogens (tertiary/aromatic N) is 6. The maximum Gasteiger partial charge on any atom is 0.211 e. The van der Waals surface area contributed by atoms with Crippen LogP contribution < -0.4 is 4.90 Å². The van der Waals surface area contributed by atoms with Gasteiger partial charge in [-0.1, -0.05) is 48.0 Å². The zero-order valence-electron chi connectivity index (χ0n) is 20.3. The molecule has 2 aromatic carbocycles. The molecule has 5 rings (SSSR count). The molecule has 9 heteroatoms. The van der Waals surface area contributed by atoms with Crippen LogP contribution >= 0.6 is 0 Å². The lowest BCUT2D eigenvalue weighted by Gasteiger charge is -2.23. The fourth-order valence-corrected chi connectivity index (χ4v) is 5.46. The van der Waals surface area contributed by atoms with E-state index in [0.717, 1.165) is 52.6 Å². The largest absolute Gasteiger partial charge is 0.355 e. The van der Waals surface area contributed by atoms with E-state index in [2.05, 4.69) is 36.1 Å². The molecule has 0 unspecified atom stereocenters. The molecule has 1 fully saturated rings. The lowest BCUT2D eigenvalue weighted by Crippen LogP contribution is -2.34. The Balaban J connectivity index is 1.62. The zero-order valence-corrected chi connectivity index (χ0v) is 21.2. The summed E-state index contributed by atoms with van der Waals surface area (Å²) in [6.07, 6.45) is 2.61. The SMILES string of the molecule is Cc1ccc(Cc2nc(N3CCCN(S(C)(=O)=O)CC3)c3c(C)nn(-c4ccccc4)c3n2)cc1. The summed E-state index contributed by atoms with van der Waals surface area (Å²) in [7, 11) is -3.23. The van der Waals surface area contributed by atoms with Crippen LogP contribution in [0.5, 0.6) is 0 Å². The third kappa shape index (κ3) is 4.92. The standard InChI is InChI=1S/C26H30N6O2S/c1-19-10-12-21(13-11-19)18-23-27-25(30-14-7-15-31(17-16-30)35(3,33)34)24-20(2)29-32(26(24)28-23)22-8-5-4-6-9-22/h4-6,8-13H,7,14-18H2,1-3H3. The number of hydrogen-bond donors (Lipinski definition) is 0. The second-order valence-corrected chi connectivity index (χ2v) is 11.1. The zero-order chi connectivity index (χ0) is 24.6. The molecule has 2 aromatic heterocycles. The molecule has 0 radical (unpaired) electrons. The Morgan fingerprint density at radius 3 is 2.34 bits per heavy atom. The molecule has 0 saturated carbocycles. The summed E-state index contributed by atoms with van der Waals surface area (Å²) in [5.41, 5.74) is 4.91. The summed E-state index contributed by atoms with van der Waals surface area (Å²) in [4.78, 5) is 12.2. The molecule has 0 bridgehead atoms. The van der Waals surface area contributed by atoms with Crippen molar-refractivity contribution in [2.45, 2.75) is 26.7 Å². The van der Waals surface area contributed by atoms with Gasteiger partial charge in [0.1, 0.15) is 11.6 Å². The van der Waals surface area contributed by atoms with Crippen molar-refractivity contribution in [2.75, 3.05) is 37.3 Å². The van der Waals surface area contributed by atoms with Gasteiger partial charge in [0.2, 0.25) is 10.0 Å². The Morgan fingerprint density at radius 2 is 1.63 bits per heavy atom. The summed E-state index contributed by atoms with van der Waals surface area (Å²) in [5, 5.41) is 5.75. The number of fused-ring (bicyclic) bond motifs is 1. The fraction of sp³-hybridized carbons (Fsp3) is 0.346. The van der Waals surface area contributed by atoms with Crippen molar-refractivity contribution in [1.29, 1.82) is 0 Å². The lowest BCUT2D eigenvalue weighted by molar-refractivity contribution is 0.437. The van der Waals surface area contributed by atoms with Crippen LogP contribution in [0.1, 0.15) is 29.1 Å². The minimum absolute atomic E-state index is 0.434. The van der Waals surface area contributed by atoms with Crippen LogP contribution in [-0.4, -0.2) is 64.9 Å². The van der Waals surface area contributed by atoms with Gasteiger partial charge in [0, 0.05) is 32.6 Å².